The van der Waals surface area contributed by atoms with Crippen LogP contribution < -0.4 is 9.47 Å². The van der Waals surface area contributed by atoms with Gasteiger partial charge in [-0.15, -0.1) is 11.3 Å². The molecule has 0 saturated heterocycles. The first-order chi connectivity index (χ1) is 11.8. The first kappa shape index (κ1) is 14.7. The second kappa shape index (κ2) is 5.98. The fourth-order valence-electron chi connectivity index (χ4n) is 2.60. The van der Waals surface area contributed by atoms with E-state index in [0.717, 1.165) is 27.4 Å². The highest BCUT2D eigenvalue weighted by atomic mass is 32.1. The lowest BCUT2D eigenvalue weighted by atomic mass is 10.2. The maximum atomic E-state index is 5.40. The summed E-state index contributed by atoms with van der Waals surface area (Å²) in [5.41, 5.74) is 3.83. The Bertz CT molecular complexity index is 992. The van der Waals surface area contributed by atoms with Crippen LogP contribution in [-0.2, 0) is 0 Å². The molecule has 6 heteroatoms. The van der Waals surface area contributed by atoms with E-state index in [-0.39, 0.29) is 0 Å². The van der Waals surface area contributed by atoms with Gasteiger partial charge in [-0.05, 0) is 0 Å². The van der Waals surface area contributed by atoms with Crippen molar-refractivity contribution in [2.75, 3.05) is 14.2 Å². The Morgan fingerprint density at radius 2 is 1.75 bits per heavy atom. The molecule has 24 heavy (non-hydrogen) atoms. The molecule has 0 atom stereocenters. The normalized spacial score (nSPS) is 10.9. The monoisotopic (exact) mass is 337 g/mol. The smallest absolute Gasteiger partial charge is 0.195 e. The van der Waals surface area contributed by atoms with E-state index in [1.807, 2.05) is 34.9 Å². The third-order valence-corrected chi connectivity index (χ3v) is 4.66. The molecule has 0 bridgehead atoms. The van der Waals surface area contributed by atoms with Crippen molar-refractivity contribution in [3.63, 3.8) is 0 Å². The minimum Gasteiger partial charge on any atom is -0.493 e. The summed E-state index contributed by atoms with van der Waals surface area (Å²) >= 11 is 1.58. The van der Waals surface area contributed by atoms with Gasteiger partial charge in [-0.1, -0.05) is 30.3 Å². The molecule has 0 spiro atoms. The van der Waals surface area contributed by atoms with Crippen molar-refractivity contribution < 1.29 is 9.47 Å². The van der Waals surface area contributed by atoms with Crippen LogP contribution in [0.2, 0.25) is 0 Å². The number of imidazole rings is 1. The molecule has 120 valence electrons. The van der Waals surface area contributed by atoms with Crippen molar-refractivity contribution >= 4 is 22.4 Å². The van der Waals surface area contributed by atoms with Gasteiger partial charge >= 0.3 is 0 Å². The maximum Gasteiger partial charge on any atom is 0.195 e. The highest BCUT2D eigenvalue weighted by molar-refractivity contribution is 7.12. The van der Waals surface area contributed by atoms with Crippen molar-refractivity contribution in [2.24, 2.45) is 0 Å². The SMILES string of the molecule is COc1cc2ncn(-c3nc(-c4ccccc4)cs3)c2cc1OC. The zero-order chi connectivity index (χ0) is 16.5. The fourth-order valence-corrected chi connectivity index (χ4v) is 3.42. The summed E-state index contributed by atoms with van der Waals surface area (Å²) < 4.78 is 12.7. The van der Waals surface area contributed by atoms with Crippen LogP contribution in [0.3, 0.4) is 0 Å². The molecule has 0 N–H and O–H groups in total. The molecule has 0 saturated carbocycles. The van der Waals surface area contributed by atoms with E-state index in [0.29, 0.717) is 11.5 Å². The summed E-state index contributed by atoms with van der Waals surface area (Å²) in [6, 6.07) is 13.9. The molecule has 4 rings (SSSR count). The van der Waals surface area contributed by atoms with E-state index in [4.69, 9.17) is 14.5 Å². The Labute approximate surface area is 143 Å². The zero-order valence-electron chi connectivity index (χ0n) is 13.3. The summed E-state index contributed by atoms with van der Waals surface area (Å²) in [4.78, 5) is 9.20. The lowest BCUT2D eigenvalue weighted by molar-refractivity contribution is 0.355. The first-order valence-corrected chi connectivity index (χ1v) is 8.28. The van der Waals surface area contributed by atoms with Gasteiger partial charge in [0.05, 0.1) is 30.9 Å². The number of nitrogens with zero attached hydrogens (tertiary/aromatic N) is 3. The van der Waals surface area contributed by atoms with E-state index < -0.39 is 0 Å². The lowest BCUT2D eigenvalue weighted by Gasteiger charge is -2.07. The summed E-state index contributed by atoms with van der Waals surface area (Å²) in [6.07, 6.45) is 1.77. The average molecular weight is 337 g/mol. The molecule has 4 aromatic rings. The Morgan fingerprint density at radius 1 is 1.00 bits per heavy atom. The molecular formula is C18H15N3O2S. The number of fused-ring (bicyclic) bond motifs is 1. The van der Waals surface area contributed by atoms with Crippen LogP contribution in [0.5, 0.6) is 11.5 Å². The second-order valence-electron chi connectivity index (χ2n) is 5.19. The Kier molecular flexibility index (Phi) is 3.66. The molecule has 0 unspecified atom stereocenters. The fraction of sp³-hybridized carbons (Fsp3) is 0.111. The standard InChI is InChI=1S/C18H15N3O2S/c1-22-16-8-13-15(9-17(16)23-2)21(11-19-13)18-20-14(10-24-18)12-6-4-3-5-7-12/h3-11H,1-2H3. The van der Waals surface area contributed by atoms with Crippen LogP contribution in [0.1, 0.15) is 0 Å². The molecule has 0 aliphatic carbocycles. The third kappa shape index (κ3) is 2.41. The van der Waals surface area contributed by atoms with Gasteiger partial charge in [0, 0.05) is 23.1 Å². The van der Waals surface area contributed by atoms with Gasteiger partial charge in [0.25, 0.3) is 0 Å². The number of aromatic nitrogens is 3. The molecule has 2 heterocycles. The van der Waals surface area contributed by atoms with Crippen LogP contribution in [0.15, 0.2) is 54.2 Å². The van der Waals surface area contributed by atoms with E-state index in [9.17, 15) is 0 Å². The van der Waals surface area contributed by atoms with Crippen molar-refractivity contribution in [1.29, 1.82) is 0 Å². The van der Waals surface area contributed by atoms with Crippen molar-refractivity contribution in [2.45, 2.75) is 0 Å². The van der Waals surface area contributed by atoms with Gasteiger partial charge in [-0.3, -0.25) is 4.57 Å². The number of methoxy groups -OCH3 is 2. The molecule has 2 aromatic carbocycles. The molecule has 0 aliphatic heterocycles. The second-order valence-corrected chi connectivity index (χ2v) is 6.03. The van der Waals surface area contributed by atoms with Crippen LogP contribution in [0.25, 0.3) is 27.4 Å². The first-order valence-electron chi connectivity index (χ1n) is 7.40. The van der Waals surface area contributed by atoms with Crippen molar-refractivity contribution in [1.82, 2.24) is 14.5 Å². The van der Waals surface area contributed by atoms with Gasteiger partial charge < -0.3 is 9.47 Å². The van der Waals surface area contributed by atoms with Crippen LogP contribution in [0, 0.1) is 0 Å². The summed E-state index contributed by atoms with van der Waals surface area (Å²) in [7, 11) is 3.24. The quantitative estimate of drug-likeness (QED) is 0.561. The summed E-state index contributed by atoms with van der Waals surface area (Å²) in [5, 5.41) is 2.92. The van der Waals surface area contributed by atoms with Gasteiger partial charge in [0.15, 0.2) is 16.6 Å². The summed E-state index contributed by atoms with van der Waals surface area (Å²) in [5.74, 6) is 1.34. The minimum absolute atomic E-state index is 0.666. The number of ether oxygens (including phenoxy) is 2. The number of benzene rings is 2. The van der Waals surface area contributed by atoms with E-state index in [1.54, 1.807) is 31.9 Å². The molecule has 0 aliphatic rings. The molecule has 0 amide bonds. The molecule has 2 aromatic heterocycles. The van der Waals surface area contributed by atoms with E-state index in [2.05, 4.69) is 22.5 Å². The zero-order valence-corrected chi connectivity index (χ0v) is 14.1. The Balaban J connectivity index is 1.81. The summed E-state index contributed by atoms with van der Waals surface area (Å²) in [6.45, 7) is 0. The van der Waals surface area contributed by atoms with E-state index in [1.165, 1.54) is 0 Å². The number of rotatable bonds is 4. The highest BCUT2D eigenvalue weighted by Crippen LogP contribution is 2.33. The maximum absolute atomic E-state index is 5.40. The lowest BCUT2D eigenvalue weighted by Crippen LogP contribution is -1.94. The van der Waals surface area contributed by atoms with Crippen LogP contribution in [0.4, 0.5) is 0 Å². The minimum atomic E-state index is 0.666. The highest BCUT2D eigenvalue weighted by Gasteiger charge is 2.13. The largest absolute Gasteiger partial charge is 0.493 e. The van der Waals surface area contributed by atoms with Gasteiger partial charge in [0.2, 0.25) is 0 Å². The van der Waals surface area contributed by atoms with E-state index >= 15 is 0 Å². The molecular weight excluding hydrogens is 322 g/mol. The third-order valence-electron chi connectivity index (χ3n) is 3.82. The number of thiazole rings is 1. The van der Waals surface area contributed by atoms with Crippen molar-refractivity contribution in [3.8, 4) is 27.9 Å². The molecule has 5 nitrogen and oxygen atoms in total. The Hall–Kier alpha value is -2.86. The van der Waals surface area contributed by atoms with Crippen molar-refractivity contribution in [3.05, 3.63) is 54.2 Å². The topological polar surface area (TPSA) is 49.2 Å². The van der Waals surface area contributed by atoms with Crippen LogP contribution in [-0.4, -0.2) is 28.8 Å². The number of hydrogen-bond acceptors (Lipinski definition) is 5. The average Bonchev–Trinajstić information content (AvgIpc) is 3.27. The number of hydrogen-bond donors (Lipinski definition) is 0. The predicted molar refractivity (Wildman–Crippen MR) is 95.3 cm³/mol. The van der Waals surface area contributed by atoms with Gasteiger partial charge in [0.1, 0.15) is 6.33 Å². The van der Waals surface area contributed by atoms with Gasteiger partial charge in [-0.2, -0.15) is 0 Å². The Morgan fingerprint density at radius 3 is 2.50 bits per heavy atom. The van der Waals surface area contributed by atoms with Crippen LogP contribution >= 0.6 is 11.3 Å². The predicted octanol–water partition coefficient (Wildman–Crippen LogP) is 4.17. The molecule has 0 fully saturated rings. The van der Waals surface area contributed by atoms with Gasteiger partial charge in [-0.25, -0.2) is 9.97 Å². The molecule has 0 radical (unpaired) electrons.